The number of hydrogen-bond donors (Lipinski definition) is 1. The zero-order valence-electron chi connectivity index (χ0n) is 11.6. The quantitative estimate of drug-likeness (QED) is 0.744. The lowest BCUT2D eigenvalue weighted by atomic mass is 10.2. The summed E-state index contributed by atoms with van der Waals surface area (Å²) in [6.45, 7) is 2.30. The van der Waals surface area contributed by atoms with E-state index in [1.807, 2.05) is 6.92 Å². The van der Waals surface area contributed by atoms with Crippen LogP contribution in [0.5, 0.6) is 5.75 Å². The summed E-state index contributed by atoms with van der Waals surface area (Å²) < 4.78 is 18.2. The molecule has 0 saturated carbocycles. The van der Waals surface area contributed by atoms with Crippen molar-refractivity contribution in [2.75, 3.05) is 6.61 Å². The van der Waals surface area contributed by atoms with Gasteiger partial charge in [0.15, 0.2) is 0 Å². The van der Waals surface area contributed by atoms with Gasteiger partial charge < -0.3 is 10.1 Å². The summed E-state index contributed by atoms with van der Waals surface area (Å²) in [5.41, 5.74) is 0. The van der Waals surface area contributed by atoms with Crippen molar-refractivity contribution in [2.45, 2.75) is 38.6 Å². The third kappa shape index (κ3) is 6.19. The van der Waals surface area contributed by atoms with Crippen LogP contribution in [0.2, 0.25) is 0 Å². The zero-order valence-corrected chi connectivity index (χ0v) is 11.6. The summed E-state index contributed by atoms with van der Waals surface area (Å²) in [6, 6.07) is 7.51. The molecule has 20 heavy (non-hydrogen) atoms. The highest BCUT2D eigenvalue weighted by Crippen LogP contribution is 2.12. The fourth-order valence-corrected chi connectivity index (χ4v) is 1.70. The molecule has 0 radical (unpaired) electrons. The van der Waals surface area contributed by atoms with Crippen LogP contribution < -0.4 is 10.1 Å². The molecule has 1 N–H and O–H groups in total. The first-order chi connectivity index (χ1) is 9.65. The highest BCUT2D eigenvalue weighted by atomic mass is 19.1. The van der Waals surface area contributed by atoms with Gasteiger partial charge in [-0.15, -0.1) is 0 Å². The lowest BCUT2D eigenvalue weighted by molar-refractivity contribution is -0.121. The molecule has 0 aromatic heterocycles. The number of hydrogen-bond acceptors (Lipinski definition) is 3. The van der Waals surface area contributed by atoms with Crippen molar-refractivity contribution in [3.05, 3.63) is 30.1 Å². The van der Waals surface area contributed by atoms with Crippen molar-refractivity contribution in [2.24, 2.45) is 0 Å². The maximum absolute atomic E-state index is 12.9. The Kier molecular flexibility index (Phi) is 7.12. The van der Waals surface area contributed by atoms with Gasteiger partial charge in [-0.25, -0.2) is 4.39 Å². The number of benzene rings is 1. The van der Waals surface area contributed by atoms with Crippen LogP contribution in [0.3, 0.4) is 0 Å². The Balaban J connectivity index is 2.21. The average molecular weight is 278 g/mol. The zero-order chi connectivity index (χ0) is 14.8. The molecule has 1 aromatic rings. The molecular formula is C15H19FN2O2. The van der Waals surface area contributed by atoms with E-state index in [1.165, 1.54) is 12.1 Å². The number of amides is 1. The van der Waals surface area contributed by atoms with E-state index >= 15 is 0 Å². The fraction of sp³-hybridized carbons (Fsp3) is 0.467. The maximum Gasteiger partial charge on any atom is 0.221 e. The second-order valence-corrected chi connectivity index (χ2v) is 4.45. The van der Waals surface area contributed by atoms with Crippen molar-refractivity contribution >= 4 is 5.91 Å². The Labute approximate surface area is 118 Å². The minimum Gasteiger partial charge on any atom is -0.493 e. The molecule has 0 saturated heterocycles. The molecule has 0 spiro atoms. The van der Waals surface area contributed by atoms with Gasteiger partial charge >= 0.3 is 0 Å². The molecule has 1 aromatic carbocycles. The minimum atomic E-state index is -0.420. The van der Waals surface area contributed by atoms with Gasteiger partial charge in [0.25, 0.3) is 0 Å². The van der Waals surface area contributed by atoms with Crippen LogP contribution in [0.1, 0.15) is 32.6 Å². The molecule has 0 fully saturated rings. The Morgan fingerprint density at radius 3 is 3.00 bits per heavy atom. The van der Waals surface area contributed by atoms with Crippen molar-refractivity contribution in [3.8, 4) is 11.8 Å². The van der Waals surface area contributed by atoms with E-state index < -0.39 is 6.04 Å². The molecule has 0 aliphatic rings. The number of carbonyl (C=O) groups excluding carboxylic acids is 1. The first-order valence-corrected chi connectivity index (χ1v) is 6.73. The van der Waals surface area contributed by atoms with E-state index in [2.05, 4.69) is 11.4 Å². The molecule has 0 heterocycles. The summed E-state index contributed by atoms with van der Waals surface area (Å²) >= 11 is 0. The summed E-state index contributed by atoms with van der Waals surface area (Å²) in [4.78, 5) is 11.6. The molecule has 4 nitrogen and oxygen atoms in total. The number of nitrogens with zero attached hydrogens (tertiary/aromatic N) is 1. The van der Waals surface area contributed by atoms with Crippen molar-refractivity contribution in [1.82, 2.24) is 5.32 Å². The molecule has 5 heteroatoms. The third-order valence-electron chi connectivity index (χ3n) is 2.68. The monoisotopic (exact) mass is 278 g/mol. The number of nitriles is 1. The molecule has 0 unspecified atom stereocenters. The minimum absolute atomic E-state index is 0.159. The fourth-order valence-electron chi connectivity index (χ4n) is 1.70. The first kappa shape index (κ1) is 16.0. The van der Waals surface area contributed by atoms with Crippen LogP contribution in [0, 0.1) is 17.1 Å². The Hall–Kier alpha value is -2.09. The van der Waals surface area contributed by atoms with Gasteiger partial charge in [0.1, 0.15) is 17.6 Å². The lowest BCUT2D eigenvalue weighted by Gasteiger charge is -2.10. The van der Waals surface area contributed by atoms with E-state index in [0.717, 1.165) is 6.42 Å². The highest BCUT2D eigenvalue weighted by Gasteiger charge is 2.09. The summed E-state index contributed by atoms with van der Waals surface area (Å²) in [5.74, 6) is -0.0594. The van der Waals surface area contributed by atoms with E-state index in [1.54, 1.807) is 12.1 Å². The van der Waals surface area contributed by atoms with Crippen LogP contribution >= 0.6 is 0 Å². The Morgan fingerprint density at radius 2 is 2.35 bits per heavy atom. The number of carbonyl (C=O) groups is 1. The van der Waals surface area contributed by atoms with Crippen molar-refractivity contribution in [3.63, 3.8) is 0 Å². The van der Waals surface area contributed by atoms with Crippen LogP contribution in [0.4, 0.5) is 4.39 Å². The molecule has 0 aliphatic carbocycles. The average Bonchev–Trinajstić information content (AvgIpc) is 2.43. The van der Waals surface area contributed by atoms with E-state index in [0.29, 0.717) is 25.2 Å². The predicted molar refractivity (Wildman–Crippen MR) is 73.6 cm³/mol. The molecular weight excluding hydrogens is 259 g/mol. The molecule has 108 valence electrons. The van der Waals surface area contributed by atoms with Gasteiger partial charge in [-0.05, 0) is 25.0 Å². The van der Waals surface area contributed by atoms with E-state index in [4.69, 9.17) is 10.00 Å². The highest BCUT2D eigenvalue weighted by molar-refractivity contribution is 5.76. The van der Waals surface area contributed by atoms with Gasteiger partial charge in [0.05, 0.1) is 12.7 Å². The van der Waals surface area contributed by atoms with Crippen LogP contribution in [0.25, 0.3) is 0 Å². The number of rotatable bonds is 8. The van der Waals surface area contributed by atoms with Gasteiger partial charge in [0, 0.05) is 12.5 Å². The molecule has 0 bridgehead atoms. The van der Waals surface area contributed by atoms with Gasteiger partial charge in [-0.2, -0.15) is 5.26 Å². The SMILES string of the molecule is CCC[C@@H](C#N)NC(=O)CCCOc1cccc(F)c1. The largest absolute Gasteiger partial charge is 0.493 e. The number of halogens is 1. The predicted octanol–water partition coefficient (Wildman–Crippen LogP) is 2.79. The number of nitrogens with one attached hydrogen (secondary N) is 1. The molecule has 1 atom stereocenters. The van der Waals surface area contributed by atoms with Crippen LogP contribution in [-0.4, -0.2) is 18.6 Å². The summed E-state index contributed by atoms with van der Waals surface area (Å²) in [7, 11) is 0. The van der Waals surface area contributed by atoms with Gasteiger partial charge in [-0.1, -0.05) is 19.4 Å². The maximum atomic E-state index is 12.9. The Morgan fingerprint density at radius 1 is 1.55 bits per heavy atom. The van der Waals surface area contributed by atoms with Crippen molar-refractivity contribution in [1.29, 1.82) is 5.26 Å². The van der Waals surface area contributed by atoms with Gasteiger partial charge in [-0.3, -0.25) is 4.79 Å². The summed E-state index contributed by atoms with van der Waals surface area (Å²) in [5, 5.41) is 11.5. The standard InChI is InChI=1S/C15H19FN2O2/c1-2-5-13(11-17)18-15(19)8-4-9-20-14-7-3-6-12(16)10-14/h3,6-7,10,13H,2,4-5,8-9H2,1H3,(H,18,19)/t13-/m0/s1. The lowest BCUT2D eigenvalue weighted by Crippen LogP contribution is -2.33. The second kappa shape index (κ2) is 8.92. The normalized spacial score (nSPS) is 11.4. The van der Waals surface area contributed by atoms with Crippen LogP contribution in [-0.2, 0) is 4.79 Å². The third-order valence-corrected chi connectivity index (χ3v) is 2.68. The first-order valence-electron chi connectivity index (χ1n) is 6.73. The number of ether oxygens (including phenoxy) is 1. The van der Waals surface area contributed by atoms with Gasteiger partial charge in [0.2, 0.25) is 5.91 Å². The second-order valence-electron chi connectivity index (χ2n) is 4.45. The smallest absolute Gasteiger partial charge is 0.221 e. The molecule has 1 rings (SSSR count). The van der Waals surface area contributed by atoms with E-state index in [9.17, 15) is 9.18 Å². The topological polar surface area (TPSA) is 62.1 Å². The molecule has 0 aliphatic heterocycles. The Bertz CT molecular complexity index is 471. The van der Waals surface area contributed by atoms with E-state index in [-0.39, 0.29) is 18.1 Å². The molecule has 1 amide bonds. The van der Waals surface area contributed by atoms with Crippen LogP contribution in [0.15, 0.2) is 24.3 Å². The van der Waals surface area contributed by atoms with Crippen molar-refractivity contribution < 1.29 is 13.9 Å². The summed E-state index contributed by atoms with van der Waals surface area (Å²) in [6.07, 6.45) is 2.31.